The van der Waals surface area contributed by atoms with Crippen molar-refractivity contribution in [1.82, 2.24) is 0 Å². The molecule has 1 unspecified atom stereocenters. The molecule has 1 aromatic rings. The Hall–Kier alpha value is -0.150. The first-order chi connectivity index (χ1) is 6.82. The van der Waals surface area contributed by atoms with Crippen LogP contribution < -0.4 is 0 Å². The Kier molecular flexibility index (Phi) is 4.13. The molecule has 0 aliphatic carbocycles. The molecular formula is C12H17BrOS. The third-order valence-corrected chi connectivity index (χ3v) is 4.72. The molecule has 0 N–H and O–H groups in total. The third-order valence-electron chi connectivity index (χ3n) is 2.84. The highest BCUT2D eigenvalue weighted by molar-refractivity contribution is 9.10. The van der Waals surface area contributed by atoms with E-state index >= 15 is 0 Å². The van der Waals surface area contributed by atoms with Crippen molar-refractivity contribution >= 4 is 33.0 Å². The molecule has 0 aliphatic heterocycles. The Morgan fingerprint density at radius 1 is 1.53 bits per heavy atom. The van der Waals surface area contributed by atoms with Gasteiger partial charge in [0.2, 0.25) is 0 Å². The van der Waals surface area contributed by atoms with Gasteiger partial charge in [0, 0.05) is 10.9 Å². The van der Waals surface area contributed by atoms with Gasteiger partial charge in [-0.1, -0.05) is 27.7 Å². The largest absolute Gasteiger partial charge is 0.293 e. The molecule has 0 radical (unpaired) electrons. The van der Waals surface area contributed by atoms with Crippen LogP contribution in [-0.4, -0.2) is 5.78 Å². The van der Waals surface area contributed by atoms with Gasteiger partial charge in [-0.25, -0.2) is 0 Å². The van der Waals surface area contributed by atoms with E-state index < -0.39 is 0 Å². The summed E-state index contributed by atoms with van der Waals surface area (Å²) in [6.45, 7) is 8.66. The van der Waals surface area contributed by atoms with Crippen LogP contribution in [0.2, 0.25) is 0 Å². The van der Waals surface area contributed by atoms with Gasteiger partial charge >= 0.3 is 0 Å². The molecule has 84 valence electrons. The summed E-state index contributed by atoms with van der Waals surface area (Å²) >= 11 is 4.91. The summed E-state index contributed by atoms with van der Waals surface area (Å²) in [6, 6.07) is 1.93. The average Bonchev–Trinajstić information content (AvgIpc) is 2.49. The maximum atomic E-state index is 12.0. The summed E-state index contributed by atoms with van der Waals surface area (Å²) in [6.07, 6.45) is 0.628. The van der Waals surface area contributed by atoms with E-state index in [1.165, 1.54) is 11.3 Å². The van der Waals surface area contributed by atoms with Gasteiger partial charge in [0.05, 0.1) is 4.88 Å². The topological polar surface area (TPSA) is 17.1 Å². The first-order valence-electron chi connectivity index (χ1n) is 5.08. The first kappa shape index (κ1) is 12.9. The first-order valence-corrected chi connectivity index (χ1v) is 6.76. The molecule has 3 heteroatoms. The summed E-state index contributed by atoms with van der Waals surface area (Å²) in [5.74, 6) is 0.651. The lowest BCUT2D eigenvalue weighted by atomic mass is 9.79. The van der Waals surface area contributed by atoms with Crippen molar-refractivity contribution in [2.24, 2.45) is 11.3 Å². The van der Waals surface area contributed by atoms with Gasteiger partial charge in [0.1, 0.15) is 0 Å². The van der Waals surface area contributed by atoms with Gasteiger partial charge in [-0.3, -0.25) is 4.79 Å². The van der Waals surface area contributed by atoms with E-state index in [1.54, 1.807) is 0 Å². The lowest BCUT2D eigenvalue weighted by Gasteiger charge is -2.26. The molecule has 15 heavy (non-hydrogen) atoms. The predicted octanol–water partition coefficient (Wildman–Crippen LogP) is 4.77. The highest BCUT2D eigenvalue weighted by Crippen LogP contribution is 2.31. The van der Waals surface area contributed by atoms with E-state index in [0.717, 1.165) is 9.35 Å². The van der Waals surface area contributed by atoms with Crippen molar-refractivity contribution in [3.05, 3.63) is 20.8 Å². The number of hydrogen-bond donors (Lipinski definition) is 0. The van der Waals surface area contributed by atoms with Gasteiger partial charge in [0.15, 0.2) is 5.78 Å². The van der Waals surface area contributed by atoms with Crippen LogP contribution in [0.5, 0.6) is 0 Å². The van der Waals surface area contributed by atoms with Crippen LogP contribution in [0.4, 0.5) is 0 Å². The number of rotatable bonds is 3. The van der Waals surface area contributed by atoms with Gasteiger partial charge < -0.3 is 0 Å². The van der Waals surface area contributed by atoms with E-state index in [1.807, 2.05) is 11.4 Å². The zero-order chi connectivity index (χ0) is 11.6. The summed E-state index contributed by atoms with van der Waals surface area (Å²) in [5, 5.41) is 1.94. The van der Waals surface area contributed by atoms with Crippen LogP contribution in [-0.2, 0) is 0 Å². The lowest BCUT2D eigenvalue weighted by molar-refractivity contribution is 0.0930. The molecule has 1 nitrogen and oxygen atoms in total. The lowest BCUT2D eigenvalue weighted by Crippen LogP contribution is -2.20. The molecule has 0 spiro atoms. The zero-order valence-electron chi connectivity index (χ0n) is 9.63. The Bertz CT molecular complexity index is 349. The fourth-order valence-electron chi connectivity index (χ4n) is 1.17. The Balaban J connectivity index is 2.69. The van der Waals surface area contributed by atoms with E-state index in [9.17, 15) is 4.79 Å². The van der Waals surface area contributed by atoms with E-state index in [0.29, 0.717) is 12.3 Å². The summed E-state index contributed by atoms with van der Waals surface area (Å²) in [4.78, 5) is 12.8. The van der Waals surface area contributed by atoms with Crippen molar-refractivity contribution in [3.63, 3.8) is 0 Å². The summed E-state index contributed by atoms with van der Waals surface area (Å²) in [5.41, 5.74) is 0.194. The standard InChI is InChI=1S/C12H17BrOS/c1-8(12(2,3)4)7-10(14)11-9(13)5-6-15-11/h5-6,8H,7H2,1-4H3. The van der Waals surface area contributed by atoms with Gasteiger partial charge in [-0.2, -0.15) is 0 Å². The number of ketones is 1. The fourth-order valence-corrected chi connectivity index (χ4v) is 2.71. The van der Waals surface area contributed by atoms with Crippen LogP contribution in [0.25, 0.3) is 0 Å². The average molecular weight is 289 g/mol. The number of hydrogen-bond acceptors (Lipinski definition) is 2. The maximum absolute atomic E-state index is 12.0. The number of halogens is 1. The molecule has 1 heterocycles. The highest BCUT2D eigenvalue weighted by atomic mass is 79.9. The SMILES string of the molecule is CC(CC(=O)c1sccc1Br)C(C)(C)C. The molecule has 0 aliphatic rings. The van der Waals surface area contributed by atoms with Crippen molar-refractivity contribution in [2.75, 3.05) is 0 Å². The molecule has 0 saturated heterocycles. The second kappa shape index (κ2) is 4.79. The van der Waals surface area contributed by atoms with Crippen LogP contribution in [0, 0.1) is 11.3 Å². The highest BCUT2D eigenvalue weighted by Gasteiger charge is 2.24. The van der Waals surface area contributed by atoms with Crippen LogP contribution in [0.15, 0.2) is 15.9 Å². The second-order valence-electron chi connectivity index (χ2n) is 4.99. The Morgan fingerprint density at radius 2 is 2.13 bits per heavy atom. The maximum Gasteiger partial charge on any atom is 0.174 e. The molecule has 1 aromatic heterocycles. The molecular weight excluding hydrogens is 272 g/mol. The van der Waals surface area contributed by atoms with Gasteiger partial charge in [0.25, 0.3) is 0 Å². The minimum Gasteiger partial charge on any atom is -0.293 e. The van der Waals surface area contributed by atoms with Crippen molar-refractivity contribution < 1.29 is 4.79 Å². The molecule has 0 fully saturated rings. The van der Waals surface area contributed by atoms with E-state index in [-0.39, 0.29) is 11.2 Å². The monoisotopic (exact) mass is 288 g/mol. The van der Waals surface area contributed by atoms with Gasteiger partial charge in [-0.15, -0.1) is 11.3 Å². The third kappa shape index (κ3) is 3.42. The van der Waals surface area contributed by atoms with Crippen LogP contribution in [0.3, 0.4) is 0 Å². The van der Waals surface area contributed by atoms with E-state index in [2.05, 4.69) is 43.6 Å². The Labute approximate surface area is 104 Å². The quantitative estimate of drug-likeness (QED) is 0.733. The van der Waals surface area contributed by atoms with Crippen molar-refractivity contribution in [2.45, 2.75) is 34.1 Å². The fraction of sp³-hybridized carbons (Fsp3) is 0.583. The van der Waals surface area contributed by atoms with Crippen molar-refractivity contribution in [3.8, 4) is 0 Å². The number of carbonyl (C=O) groups is 1. The molecule has 0 saturated carbocycles. The molecule has 0 bridgehead atoms. The minimum absolute atomic E-state index is 0.194. The van der Waals surface area contributed by atoms with Crippen LogP contribution in [0.1, 0.15) is 43.8 Å². The minimum atomic E-state index is 0.194. The smallest absolute Gasteiger partial charge is 0.174 e. The zero-order valence-corrected chi connectivity index (χ0v) is 12.0. The molecule has 0 aromatic carbocycles. The number of thiophene rings is 1. The second-order valence-corrected chi connectivity index (χ2v) is 6.76. The molecule has 1 rings (SSSR count). The molecule has 1 atom stereocenters. The predicted molar refractivity (Wildman–Crippen MR) is 69.6 cm³/mol. The normalized spacial score (nSPS) is 13.9. The van der Waals surface area contributed by atoms with E-state index in [4.69, 9.17) is 0 Å². The van der Waals surface area contributed by atoms with Crippen molar-refractivity contribution in [1.29, 1.82) is 0 Å². The van der Waals surface area contributed by atoms with Gasteiger partial charge in [-0.05, 0) is 38.7 Å². The Morgan fingerprint density at radius 3 is 2.53 bits per heavy atom. The number of carbonyl (C=O) groups excluding carboxylic acids is 1. The molecule has 0 amide bonds. The summed E-state index contributed by atoms with van der Waals surface area (Å²) < 4.78 is 0.929. The van der Waals surface area contributed by atoms with Crippen LogP contribution >= 0.6 is 27.3 Å². The summed E-state index contributed by atoms with van der Waals surface area (Å²) in [7, 11) is 0. The number of Topliss-reactive ketones (excluding diaryl/α,β-unsaturated/α-hetero) is 1.